The highest BCUT2D eigenvalue weighted by Gasteiger charge is 2.20. The number of ether oxygens (including phenoxy) is 1. The summed E-state index contributed by atoms with van der Waals surface area (Å²) in [5.41, 5.74) is 3.22. The van der Waals surface area contributed by atoms with Crippen LogP contribution in [0.2, 0.25) is 0 Å². The summed E-state index contributed by atoms with van der Waals surface area (Å²) in [6.07, 6.45) is 0.398. The zero-order chi connectivity index (χ0) is 22.5. The van der Waals surface area contributed by atoms with Gasteiger partial charge in [0.25, 0.3) is 0 Å². The molecule has 1 atom stereocenters. The van der Waals surface area contributed by atoms with Gasteiger partial charge in [-0.2, -0.15) is 0 Å². The second-order valence-electron chi connectivity index (χ2n) is 8.51. The van der Waals surface area contributed by atoms with Crippen molar-refractivity contribution in [2.45, 2.75) is 33.1 Å². The number of piperazine rings is 1. The first-order chi connectivity index (χ1) is 15.6. The molecule has 1 unspecified atom stereocenters. The molecule has 3 aromatic rings. The molecule has 0 bridgehead atoms. The Kier molecular flexibility index (Phi) is 7.05. The van der Waals surface area contributed by atoms with E-state index in [9.17, 15) is 4.79 Å². The van der Waals surface area contributed by atoms with Crippen molar-refractivity contribution in [3.8, 4) is 11.3 Å². The minimum Gasteiger partial charge on any atom is -0.466 e. The molecular weight excluding hydrogens is 398 g/mol. The molecule has 168 valence electrons. The van der Waals surface area contributed by atoms with Gasteiger partial charge in [0.15, 0.2) is 0 Å². The predicted octanol–water partition coefficient (Wildman–Crippen LogP) is 5.10. The van der Waals surface area contributed by atoms with Crippen LogP contribution in [0.1, 0.15) is 38.7 Å². The van der Waals surface area contributed by atoms with Gasteiger partial charge < -0.3 is 14.5 Å². The van der Waals surface area contributed by atoms with Crippen LogP contribution in [0.25, 0.3) is 22.0 Å². The third kappa shape index (κ3) is 4.94. The molecule has 1 aromatic heterocycles. The molecule has 1 aliphatic rings. The van der Waals surface area contributed by atoms with Gasteiger partial charge in [0, 0.05) is 37.1 Å². The number of carbonyl (C=O) groups excluding carboxylic acids is 1. The zero-order valence-electron chi connectivity index (χ0n) is 19.4. The molecule has 0 N–H and O–H groups in total. The topological polar surface area (TPSA) is 45.7 Å². The van der Waals surface area contributed by atoms with Crippen molar-refractivity contribution in [1.29, 1.82) is 0 Å². The summed E-state index contributed by atoms with van der Waals surface area (Å²) in [4.78, 5) is 21.9. The second kappa shape index (κ2) is 10.1. The Morgan fingerprint density at radius 3 is 2.44 bits per heavy atom. The number of nitrogens with zero attached hydrogens (tertiary/aromatic N) is 3. The molecule has 0 aliphatic carbocycles. The highest BCUT2D eigenvalue weighted by molar-refractivity contribution is 5.95. The monoisotopic (exact) mass is 431 g/mol. The molecule has 2 heterocycles. The average molecular weight is 432 g/mol. The van der Waals surface area contributed by atoms with Gasteiger partial charge in [-0.3, -0.25) is 4.79 Å². The fourth-order valence-electron chi connectivity index (χ4n) is 4.42. The van der Waals surface area contributed by atoms with Gasteiger partial charge in [-0.1, -0.05) is 62.4 Å². The molecule has 1 fully saturated rings. The van der Waals surface area contributed by atoms with E-state index < -0.39 is 0 Å². The smallest absolute Gasteiger partial charge is 0.306 e. The summed E-state index contributed by atoms with van der Waals surface area (Å²) in [7, 11) is 0. The lowest BCUT2D eigenvalue weighted by atomic mass is 9.96. The van der Waals surface area contributed by atoms with Gasteiger partial charge >= 0.3 is 5.97 Å². The van der Waals surface area contributed by atoms with Crippen LogP contribution < -0.4 is 4.90 Å². The van der Waals surface area contributed by atoms with E-state index in [1.54, 1.807) is 0 Å². The SMILES string of the molecule is CCOC(=O)CC(C)c1ccc(-c2cc3ccccc3c(N3CCN(CC)CC3)n2)cc1. The number of esters is 1. The summed E-state index contributed by atoms with van der Waals surface area (Å²) in [5.74, 6) is 1.06. The molecule has 5 heteroatoms. The number of hydrogen-bond acceptors (Lipinski definition) is 5. The average Bonchev–Trinajstić information content (AvgIpc) is 2.83. The third-order valence-corrected chi connectivity index (χ3v) is 6.39. The maximum Gasteiger partial charge on any atom is 0.306 e. The second-order valence-corrected chi connectivity index (χ2v) is 8.51. The Morgan fingerprint density at radius 1 is 1.03 bits per heavy atom. The lowest BCUT2D eigenvalue weighted by Crippen LogP contribution is -2.46. The molecule has 1 saturated heterocycles. The van der Waals surface area contributed by atoms with Crippen LogP contribution in [-0.4, -0.2) is 55.2 Å². The number of pyridine rings is 1. The van der Waals surface area contributed by atoms with E-state index in [4.69, 9.17) is 9.72 Å². The fourth-order valence-corrected chi connectivity index (χ4v) is 4.42. The summed E-state index contributed by atoms with van der Waals surface area (Å²) >= 11 is 0. The molecule has 2 aromatic carbocycles. The van der Waals surface area contributed by atoms with E-state index in [1.165, 1.54) is 10.8 Å². The van der Waals surface area contributed by atoms with Crippen LogP contribution in [0.15, 0.2) is 54.6 Å². The zero-order valence-corrected chi connectivity index (χ0v) is 19.4. The summed E-state index contributed by atoms with van der Waals surface area (Å²) in [5, 5.41) is 2.42. The van der Waals surface area contributed by atoms with Gasteiger partial charge in [0.2, 0.25) is 0 Å². The first-order valence-electron chi connectivity index (χ1n) is 11.7. The molecule has 1 aliphatic heterocycles. The number of aromatic nitrogens is 1. The van der Waals surface area contributed by atoms with E-state index in [0.29, 0.717) is 13.0 Å². The van der Waals surface area contributed by atoms with Crippen molar-refractivity contribution in [2.75, 3.05) is 44.2 Å². The van der Waals surface area contributed by atoms with Crippen molar-refractivity contribution in [3.05, 3.63) is 60.2 Å². The molecule has 0 radical (unpaired) electrons. The van der Waals surface area contributed by atoms with Crippen LogP contribution in [0.5, 0.6) is 0 Å². The quantitative estimate of drug-likeness (QED) is 0.487. The van der Waals surface area contributed by atoms with E-state index >= 15 is 0 Å². The van der Waals surface area contributed by atoms with Crippen LogP contribution in [0.3, 0.4) is 0 Å². The van der Waals surface area contributed by atoms with Crippen molar-refractivity contribution in [2.24, 2.45) is 0 Å². The summed E-state index contributed by atoms with van der Waals surface area (Å²) < 4.78 is 5.10. The van der Waals surface area contributed by atoms with E-state index in [-0.39, 0.29) is 11.9 Å². The Balaban J connectivity index is 1.61. The van der Waals surface area contributed by atoms with E-state index in [1.807, 2.05) is 6.92 Å². The lowest BCUT2D eigenvalue weighted by Gasteiger charge is -2.35. The van der Waals surface area contributed by atoms with Gasteiger partial charge in [-0.15, -0.1) is 0 Å². The van der Waals surface area contributed by atoms with Gasteiger partial charge in [0.05, 0.1) is 18.7 Å². The van der Waals surface area contributed by atoms with Gasteiger partial charge in [-0.05, 0) is 36.4 Å². The first kappa shape index (κ1) is 22.3. The highest BCUT2D eigenvalue weighted by Crippen LogP contribution is 2.31. The number of hydrogen-bond donors (Lipinski definition) is 0. The third-order valence-electron chi connectivity index (χ3n) is 6.39. The van der Waals surface area contributed by atoms with Crippen molar-refractivity contribution in [1.82, 2.24) is 9.88 Å². The molecule has 0 amide bonds. The van der Waals surface area contributed by atoms with Crippen molar-refractivity contribution >= 4 is 22.6 Å². The van der Waals surface area contributed by atoms with Gasteiger partial charge in [-0.25, -0.2) is 4.98 Å². The molecule has 0 spiro atoms. The Labute approximate surface area is 191 Å². The van der Waals surface area contributed by atoms with E-state index in [2.05, 4.69) is 78.2 Å². The van der Waals surface area contributed by atoms with E-state index in [0.717, 1.165) is 55.4 Å². The fraction of sp³-hybridized carbons (Fsp3) is 0.407. The minimum atomic E-state index is -0.145. The number of rotatable bonds is 7. The Bertz CT molecular complexity index is 1060. The van der Waals surface area contributed by atoms with Gasteiger partial charge in [0.1, 0.15) is 5.82 Å². The Morgan fingerprint density at radius 2 is 1.75 bits per heavy atom. The maximum absolute atomic E-state index is 11.8. The van der Waals surface area contributed by atoms with Crippen LogP contribution in [0.4, 0.5) is 5.82 Å². The maximum atomic E-state index is 11.8. The van der Waals surface area contributed by atoms with Crippen LogP contribution in [0, 0.1) is 0 Å². The van der Waals surface area contributed by atoms with Crippen LogP contribution >= 0.6 is 0 Å². The highest BCUT2D eigenvalue weighted by atomic mass is 16.5. The van der Waals surface area contributed by atoms with Crippen LogP contribution in [-0.2, 0) is 9.53 Å². The summed E-state index contributed by atoms with van der Waals surface area (Å²) in [6, 6.07) is 19.2. The predicted molar refractivity (Wildman–Crippen MR) is 131 cm³/mol. The Hall–Kier alpha value is -2.92. The number of anilines is 1. The van der Waals surface area contributed by atoms with Crippen molar-refractivity contribution in [3.63, 3.8) is 0 Å². The normalized spacial score (nSPS) is 15.7. The molecule has 4 rings (SSSR count). The minimum absolute atomic E-state index is 0.123. The molecule has 5 nitrogen and oxygen atoms in total. The summed E-state index contributed by atoms with van der Waals surface area (Å²) in [6.45, 7) is 11.8. The number of likely N-dealkylation sites (N-methyl/N-ethyl adjacent to an activating group) is 1. The lowest BCUT2D eigenvalue weighted by molar-refractivity contribution is -0.143. The number of fused-ring (bicyclic) bond motifs is 1. The molecule has 0 saturated carbocycles. The molecule has 32 heavy (non-hydrogen) atoms. The standard InChI is InChI=1S/C27H33N3O2/c1-4-29-14-16-30(17-15-29)27-24-9-7-6-8-23(24)19-25(28-27)22-12-10-21(11-13-22)20(3)18-26(31)32-5-2/h6-13,19-20H,4-5,14-18H2,1-3H3. The first-order valence-corrected chi connectivity index (χ1v) is 11.7. The number of benzene rings is 2. The number of carbonyl (C=O) groups is 1. The van der Waals surface area contributed by atoms with Crippen molar-refractivity contribution < 1.29 is 9.53 Å². The largest absolute Gasteiger partial charge is 0.466 e. The molecular formula is C27H33N3O2.